The van der Waals surface area contributed by atoms with Crippen molar-refractivity contribution in [1.29, 1.82) is 0 Å². The highest BCUT2D eigenvalue weighted by atomic mass is 16.6. The zero-order valence-electron chi connectivity index (χ0n) is 27.8. The Morgan fingerprint density at radius 1 is 0.548 bits per heavy atom. The highest BCUT2D eigenvalue weighted by Crippen LogP contribution is 2.13. The van der Waals surface area contributed by atoms with Gasteiger partial charge in [0.05, 0.1) is 6.61 Å². The number of rotatable bonds is 32. The van der Waals surface area contributed by atoms with Crippen LogP contribution in [0.3, 0.4) is 0 Å². The Bertz CT molecular complexity index is 642. The Morgan fingerprint density at radius 2 is 0.952 bits per heavy atom. The van der Waals surface area contributed by atoms with Crippen LogP contribution < -0.4 is 0 Å². The summed E-state index contributed by atoms with van der Waals surface area (Å²) < 4.78 is 10.6. The molecule has 42 heavy (non-hydrogen) atoms. The van der Waals surface area contributed by atoms with Gasteiger partial charge in [0, 0.05) is 12.8 Å². The van der Waals surface area contributed by atoms with E-state index in [9.17, 15) is 14.7 Å². The molecule has 0 amide bonds. The standard InChI is InChI=1S/C37H68O5/c1-3-5-7-9-11-13-15-16-17-18-19-20-22-24-26-28-30-32-37(40)42-35(33-38)34-41-36(39)31-29-27-25-23-21-14-12-10-8-6-4-2/h11,13,16-17,35,38H,3-10,12,14-15,18-34H2,1-2H3/b13-11+,17-16+/t35-/m0/s1. The lowest BCUT2D eigenvalue weighted by Gasteiger charge is -2.15. The van der Waals surface area contributed by atoms with Gasteiger partial charge in [-0.15, -0.1) is 0 Å². The van der Waals surface area contributed by atoms with Gasteiger partial charge in [0.15, 0.2) is 6.10 Å². The van der Waals surface area contributed by atoms with E-state index < -0.39 is 6.10 Å². The summed E-state index contributed by atoms with van der Waals surface area (Å²) in [5, 5.41) is 9.51. The van der Waals surface area contributed by atoms with E-state index in [4.69, 9.17) is 9.47 Å². The zero-order chi connectivity index (χ0) is 30.8. The minimum atomic E-state index is -0.769. The Balaban J connectivity index is 3.57. The van der Waals surface area contributed by atoms with Crippen molar-refractivity contribution >= 4 is 11.9 Å². The van der Waals surface area contributed by atoms with Crippen LogP contribution in [0.5, 0.6) is 0 Å². The predicted octanol–water partition coefficient (Wildman–Crippen LogP) is 10.7. The molecule has 0 aliphatic carbocycles. The molecule has 0 aliphatic rings. The summed E-state index contributed by atoms with van der Waals surface area (Å²) in [6, 6.07) is 0. The molecule has 0 aromatic rings. The molecule has 0 unspecified atom stereocenters. The van der Waals surface area contributed by atoms with Gasteiger partial charge < -0.3 is 14.6 Å². The highest BCUT2D eigenvalue weighted by molar-refractivity contribution is 5.70. The van der Waals surface area contributed by atoms with Crippen molar-refractivity contribution in [2.45, 2.75) is 187 Å². The van der Waals surface area contributed by atoms with Gasteiger partial charge in [-0.3, -0.25) is 9.59 Å². The first-order chi connectivity index (χ1) is 20.6. The number of carbonyl (C=O) groups is 2. The van der Waals surface area contributed by atoms with E-state index in [1.807, 2.05) is 0 Å². The average molecular weight is 593 g/mol. The first-order valence-electron chi connectivity index (χ1n) is 17.9. The summed E-state index contributed by atoms with van der Waals surface area (Å²) >= 11 is 0. The molecule has 5 nitrogen and oxygen atoms in total. The van der Waals surface area contributed by atoms with E-state index in [-0.39, 0.29) is 25.2 Å². The van der Waals surface area contributed by atoms with Crippen molar-refractivity contribution in [3.05, 3.63) is 24.3 Å². The molecule has 0 aromatic carbocycles. The highest BCUT2D eigenvalue weighted by Gasteiger charge is 2.16. The Kier molecular flexibility index (Phi) is 32.6. The molecule has 1 N–H and O–H groups in total. The van der Waals surface area contributed by atoms with Crippen molar-refractivity contribution in [3.8, 4) is 0 Å². The van der Waals surface area contributed by atoms with Gasteiger partial charge >= 0.3 is 11.9 Å². The molecule has 0 saturated heterocycles. The van der Waals surface area contributed by atoms with E-state index in [1.54, 1.807) is 0 Å². The molecular formula is C37H68O5. The van der Waals surface area contributed by atoms with Gasteiger partial charge in [0.25, 0.3) is 0 Å². The van der Waals surface area contributed by atoms with Gasteiger partial charge in [-0.05, 0) is 44.9 Å². The van der Waals surface area contributed by atoms with Crippen molar-refractivity contribution in [3.63, 3.8) is 0 Å². The summed E-state index contributed by atoms with van der Waals surface area (Å²) in [4.78, 5) is 24.1. The quantitative estimate of drug-likeness (QED) is 0.0478. The van der Waals surface area contributed by atoms with Crippen LogP contribution in [0.4, 0.5) is 0 Å². The maximum Gasteiger partial charge on any atom is 0.306 e. The van der Waals surface area contributed by atoms with Gasteiger partial charge in [-0.2, -0.15) is 0 Å². The monoisotopic (exact) mass is 593 g/mol. The molecule has 0 aromatic heterocycles. The molecule has 0 saturated carbocycles. The van der Waals surface area contributed by atoms with Crippen LogP contribution in [-0.4, -0.2) is 36.4 Å². The molecule has 5 heteroatoms. The second-order valence-corrected chi connectivity index (χ2v) is 12.0. The third-order valence-electron chi connectivity index (χ3n) is 7.75. The Hall–Kier alpha value is -1.62. The number of allylic oxidation sites excluding steroid dienone is 4. The number of aliphatic hydroxyl groups is 1. The largest absolute Gasteiger partial charge is 0.462 e. The summed E-state index contributed by atoms with van der Waals surface area (Å²) in [6.45, 7) is 4.09. The molecular weight excluding hydrogens is 524 g/mol. The van der Waals surface area contributed by atoms with E-state index in [2.05, 4.69) is 38.2 Å². The van der Waals surface area contributed by atoms with Gasteiger partial charge in [0.1, 0.15) is 6.61 Å². The van der Waals surface area contributed by atoms with Crippen molar-refractivity contribution in [1.82, 2.24) is 0 Å². The molecule has 0 radical (unpaired) electrons. The number of aliphatic hydroxyl groups excluding tert-OH is 1. The van der Waals surface area contributed by atoms with E-state index in [0.717, 1.165) is 51.4 Å². The van der Waals surface area contributed by atoms with Crippen LogP contribution in [0.1, 0.15) is 181 Å². The van der Waals surface area contributed by atoms with Crippen molar-refractivity contribution < 1.29 is 24.2 Å². The molecule has 0 bridgehead atoms. The molecule has 0 heterocycles. The van der Waals surface area contributed by atoms with E-state index >= 15 is 0 Å². The van der Waals surface area contributed by atoms with Crippen LogP contribution in [0.2, 0.25) is 0 Å². The van der Waals surface area contributed by atoms with Gasteiger partial charge in [-0.25, -0.2) is 0 Å². The maximum absolute atomic E-state index is 12.1. The number of unbranched alkanes of at least 4 members (excludes halogenated alkanes) is 20. The number of esters is 2. The lowest BCUT2D eigenvalue weighted by atomic mass is 10.1. The third kappa shape index (κ3) is 31.3. The second-order valence-electron chi connectivity index (χ2n) is 12.0. The molecule has 1 atom stereocenters. The SMILES string of the molecule is CCCCC/C=C/C/C=C/CCCCCCCCCC(=O)O[C@@H](CO)COC(=O)CCCCCCCCCCCCC. The van der Waals surface area contributed by atoms with Crippen LogP contribution in [-0.2, 0) is 19.1 Å². The number of ether oxygens (including phenoxy) is 2. The fourth-order valence-corrected chi connectivity index (χ4v) is 4.99. The number of carbonyl (C=O) groups excluding carboxylic acids is 2. The first kappa shape index (κ1) is 40.4. The maximum atomic E-state index is 12.1. The smallest absolute Gasteiger partial charge is 0.306 e. The van der Waals surface area contributed by atoms with Crippen LogP contribution in [0, 0.1) is 0 Å². The van der Waals surface area contributed by atoms with E-state index in [0.29, 0.717) is 12.8 Å². The minimum Gasteiger partial charge on any atom is -0.462 e. The van der Waals surface area contributed by atoms with Crippen molar-refractivity contribution in [2.75, 3.05) is 13.2 Å². The second kappa shape index (κ2) is 33.9. The summed E-state index contributed by atoms with van der Waals surface area (Å²) in [5.41, 5.74) is 0. The molecule has 246 valence electrons. The average Bonchev–Trinajstić information content (AvgIpc) is 2.99. The number of hydrogen-bond donors (Lipinski definition) is 1. The Labute approximate surface area is 260 Å². The normalized spacial score (nSPS) is 12.4. The van der Waals surface area contributed by atoms with E-state index in [1.165, 1.54) is 103 Å². The van der Waals surface area contributed by atoms with Crippen LogP contribution in [0.25, 0.3) is 0 Å². The minimum absolute atomic E-state index is 0.0654. The molecule has 0 aliphatic heterocycles. The van der Waals surface area contributed by atoms with Crippen LogP contribution in [0.15, 0.2) is 24.3 Å². The topological polar surface area (TPSA) is 72.8 Å². The summed E-state index contributed by atoms with van der Waals surface area (Å²) in [5.74, 6) is -0.597. The zero-order valence-corrected chi connectivity index (χ0v) is 27.8. The predicted molar refractivity (Wildman–Crippen MR) is 178 cm³/mol. The van der Waals surface area contributed by atoms with Gasteiger partial charge in [-0.1, -0.05) is 147 Å². The third-order valence-corrected chi connectivity index (χ3v) is 7.75. The molecule has 0 rings (SSSR count). The summed E-state index contributed by atoms with van der Waals surface area (Å²) in [6.07, 6.45) is 38.0. The first-order valence-corrected chi connectivity index (χ1v) is 17.9. The van der Waals surface area contributed by atoms with Gasteiger partial charge in [0.2, 0.25) is 0 Å². The fourth-order valence-electron chi connectivity index (χ4n) is 4.99. The van der Waals surface area contributed by atoms with Crippen LogP contribution >= 0.6 is 0 Å². The van der Waals surface area contributed by atoms with Crippen molar-refractivity contribution in [2.24, 2.45) is 0 Å². The Morgan fingerprint density at radius 3 is 1.45 bits per heavy atom. The lowest BCUT2D eigenvalue weighted by Crippen LogP contribution is -2.28. The summed E-state index contributed by atoms with van der Waals surface area (Å²) in [7, 11) is 0. The fraction of sp³-hybridized carbons (Fsp3) is 0.838. The molecule has 0 spiro atoms. The number of hydrogen-bond acceptors (Lipinski definition) is 5. The lowest BCUT2D eigenvalue weighted by molar-refractivity contribution is -0.161. The molecule has 0 fully saturated rings.